The lowest BCUT2D eigenvalue weighted by molar-refractivity contribution is -0.164. The number of carbonyl (C=O) groups is 1. The number of rotatable bonds is 7. The zero-order valence-corrected chi connectivity index (χ0v) is 16.4. The fourth-order valence-corrected chi connectivity index (χ4v) is 4.47. The Morgan fingerprint density at radius 3 is 2.76 bits per heavy atom. The lowest BCUT2D eigenvalue weighted by atomic mass is 9.73. The van der Waals surface area contributed by atoms with Crippen LogP contribution in [0.25, 0.3) is 5.52 Å². The van der Waals surface area contributed by atoms with Crippen molar-refractivity contribution in [3.8, 4) is 0 Å². The van der Waals surface area contributed by atoms with Gasteiger partial charge in [-0.1, -0.05) is 36.4 Å². The van der Waals surface area contributed by atoms with Gasteiger partial charge in [0.1, 0.15) is 5.41 Å². The van der Waals surface area contributed by atoms with E-state index in [1.165, 1.54) is 5.56 Å². The van der Waals surface area contributed by atoms with E-state index in [9.17, 15) is 15.0 Å². The van der Waals surface area contributed by atoms with Gasteiger partial charge in [0.05, 0.1) is 17.3 Å². The summed E-state index contributed by atoms with van der Waals surface area (Å²) in [6.45, 7) is 1.63. The van der Waals surface area contributed by atoms with Crippen LogP contribution in [-0.2, 0) is 17.8 Å². The van der Waals surface area contributed by atoms with Crippen LogP contribution in [0.4, 0.5) is 0 Å². The number of carboxylic acid groups (broad SMARTS) is 1. The van der Waals surface area contributed by atoms with Crippen LogP contribution in [0.3, 0.4) is 0 Å². The molecule has 0 aliphatic carbocycles. The number of benzene rings is 1. The first kappa shape index (κ1) is 19.6. The Labute approximate surface area is 170 Å². The number of piperidine rings is 1. The zero-order valence-electron chi connectivity index (χ0n) is 16.4. The van der Waals surface area contributed by atoms with E-state index in [4.69, 9.17) is 0 Å². The third kappa shape index (κ3) is 4.04. The summed E-state index contributed by atoms with van der Waals surface area (Å²) in [6, 6.07) is 18.0. The molecule has 29 heavy (non-hydrogen) atoms. The van der Waals surface area contributed by atoms with Gasteiger partial charge < -0.3 is 10.2 Å². The number of aliphatic hydroxyl groups excluding tert-OH is 1. The summed E-state index contributed by atoms with van der Waals surface area (Å²) < 4.78 is 1.89. The zero-order chi connectivity index (χ0) is 20.3. The quantitative estimate of drug-likeness (QED) is 0.645. The van der Waals surface area contributed by atoms with Gasteiger partial charge in [-0.15, -0.1) is 0 Å². The minimum absolute atomic E-state index is 0.343. The third-order valence-corrected chi connectivity index (χ3v) is 6.10. The Kier molecular flexibility index (Phi) is 5.65. The van der Waals surface area contributed by atoms with E-state index in [1.807, 2.05) is 47.0 Å². The highest BCUT2D eigenvalue weighted by atomic mass is 16.4. The number of hydrogen-bond donors (Lipinski definition) is 2. The van der Waals surface area contributed by atoms with E-state index < -0.39 is 17.5 Å². The molecule has 1 saturated heterocycles. The van der Waals surface area contributed by atoms with Crippen LogP contribution in [0.5, 0.6) is 0 Å². The topological polar surface area (TPSA) is 78.1 Å². The number of fused-ring (bicyclic) bond motifs is 1. The predicted molar refractivity (Wildman–Crippen MR) is 111 cm³/mol. The van der Waals surface area contributed by atoms with Crippen molar-refractivity contribution < 1.29 is 15.0 Å². The Balaban J connectivity index is 1.48. The van der Waals surface area contributed by atoms with Crippen LogP contribution in [0.1, 0.15) is 30.5 Å². The molecule has 1 aromatic carbocycles. The number of aromatic nitrogens is 2. The van der Waals surface area contributed by atoms with E-state index in [0.29, 0.717) is 32.5 Å². The second kappa shape index (κ2) is 8.35. The third-order valence-electron chi connectivity index (χ3n) is 6.10. The second-order valence-electron chi connectivity index (χ2n) is 8.00. The smallest absolute Gasteiger partial charge is 0.313 e. The van der Waals surface area contributed by atoms with Crippen molar-refractivity contribution in [3.63, 3.8) is 0 Å². The molecule has 3 heterocycles. The number of carboxylic acids is 1. The number of aliphatic hydroxyl groups is 1. The molecule has 0 saturated carbocycles. The van der Waals surface area contributed by atoms with Crippen molar-refractivity contribution in [2.45, 2.75) is 38.3 Å². The van der Waals surface area contributed by atoms with Gasteiger partial charge in [-0.25, -0.2) is 4.52 Å². The maximum absolute atomic E-state index is 12.3. The van der Waals surface area contributed by atoms with E-state index in [2.05, 4.69) is 22.1 Å². The molecule has 2 aromatic heterocycles. The van der Waals surface area contributed by atoms with Crippen molar-refractivity contribution in [2.75, 3.05) is 13.1 Å². The summed E-state index contributed by atoms with van der Waals surface area (Å²) >= 11 is 0. The Bertz CT molecular complexity index is 972. The van der Waals surface area contributed by atoms with Gasteiger partial charge in [-0.3, -0.25) is 9.69 Å². The molecule has 6 heteroatoms. The van der Waals surface area contributed by atoms with E-state index >= 15 is 0 Å². The molecule has 0 amide bonds. The van der Waals surface area contributed by atoms with Gasteiger partial charge in [0.2, 0.25) is 0 Å². The average Bonchev–Trinajstić information content (AvgIpc) is 3.21. The molecule has 3 aromatic rings. The standard InChI is InChI=1S/C23H27N3O3/c27-21-12-15-25(16-20-10-4-9-19-11-14-24-26(19)20)17-23(21,22(28)29)13-5-8-18-6-2-1-3-7-18/h1-4,6-7,9-11,14,21,27H,5,8,12-13,15-17H2,(H,28,29)/t21-,23+/m0/s1. The van der Waals surface area contributed by atoms with Gasteiger partial charge in [0, 0.05) is 25.8 Å². The summed E-state index contributed by atoms with van der Waals surface area (Å²) in [5.41, 5.74) is 2.10. The molecule has 1 aliphatic rings. The molecule has 1 fully saturated rings. The summed E-state index contributed by atoms with van der Waals surface area (Å²) in [5, 5.41) is 25.1. The number of hydrogen-bond acceptors (Lipinski definition) is 4. The second-order valence-corrected chi connectivity index (χ2v) is 8.00. The normalized spacial score (nSPS) is 22.7. The maximum atomic E-state index is 12.3. The lowest BCUT2D eigenvalue weighted by Crippen LogP contribution is -2.55. The molecule has 152 valence electrons. The van der Waals surface area contributed by atoms with E-state index in [-0.39, 0.29) is 0 Å². The molecule has 2 atom stereocenters. The van der Waals surface area contributed by atoms with Crippen molar-refractivity contribution in [1.29, 1.82) is 0 Å². The minimum Gasteiger partial charge on any atom is -0.481 e. The van der Waals surface area contributed by atoms with Gasteiger partial charge in [0.25, 0.3) is 0 Å². The number of likely N-dealkylation sites (tertiary alicyclic amines) is 1. The summed E-state index contributed by atoms with van der Waals surface area (Å²) in [5.74, 6) is -0.903. The SMILES string of the molecule is O=C(O)[C@]1(CCCc2ccccc2)CN(Cc2cccc3ccnn23)CC[C@@H]1O. The van der Waals surface area contributed by atoms with Crippen molar-refractivity contribution >= 4 is 11.5 Å². The highest BCUT2D eigenvalue weighted by molar-refractivity contribution is 5.76. The van der Waals surface area contributed by atoms with Crippen LogP contribution in [0.2, 0.25) is 0 Å². The average molecular weight is 393 g/mol. The molecule has 2 N–H and O–H groups in total. The Hall–Kier alpha value is -2.70. The molecule has 1 aliphatic heterocycles. The first-order chi connectivity index (χ1) is 14.1. The fourth-order valence-electron chi connectivity index (χ4n) is 4.47. The summed E-state index contributed by atoms with van der Waals surface area (Å²) in [6.07, 6.45) is 3.41. The Morgan fingerprint density at radius 2 is 1.97 bits per heavy atom. The first-order valence-electron chi connectivity index (χ1n) is 10.2. The molecule has 4 rings (SSSR count). The monoisotopic (exact) mass is 393 g/mol. The highest BCUT2D eigenvalue weighted by Crippen LogP contribution is 2.36. The van der Waals surface area contributed by atoms with Crippen molar-refractivity contribution in [1.82, 2.24) is 14.5 Å². The van der Waals surface area contributed by atoms with Gasteiger partial charge in [-0.05, 0) is 49.4 Å². The van der Waals surface area contributed by atoms with Crippen LogP contribution < -0.4 is 0 Å². The van der Waals surface area contributed by atoms with Gasteiger partial charge in [-0.2, -0.15) is 5.10 Å². The first-order valence-corrected chi connectivity index (χ1v) is 10.2. The van der Waals surface area contributed by atoms with Crippen LogP contribution in [0, 0.1) is 5.41 Å². The maximum Gasteiger partial charge on any atom is 0.313 e. The number of pyridine rings is 1. The van der Waals surface area contributed by atoms with Crippen molar-refractivity contribution in [3.05, 3.63) is 72.1 Å². The highest BCUT2D eigenvalue weighted by Gasteiger charge is 2.48. The molecule has 0 unspecified atom stereocenters. The van der Waals surface area contributed by atoms with E-state index in [1.54, 1.807) is 6.20 Å². The van der Waals surface area contributed by atoms with Crippen molar-refractivity contribution in [2.24, 2.45) is 5.41 Å². The van der Waals surface area contributed by atoms with E-state index in [0.717, 1.165) is 24.1 Å². The summed E-state index contributed by atoms with van der Waals surface area (Å²) in [4.78, 5) is 14.4. The molecule has 0 bridgehead atoms. The lowest BCUT2D eigenvalue weighted by Gasteiger charge is -2.43. The molecular weight excluding hydrogens is 366 g/mol. The minimum atomic E-state index is -1.13. The van der Waals surface area contributed by atoms with Gasteiger partial charge in [0.15, 0.2) is 0 Å². The largest absolute Gasteiger partial charge is 0.481 e. The van der Waals surface area contributed by atoms with Crippen LogP contribution in [0.15, 0.2) is 60.8 Å². The molecule has 6 nitrogen and oxygen atoms in total. The Morgan fingerprint density at radius 1 is 1.14 bits per heavy atom. The van der Waals surface area contributed by atoms with Crippen LogP contribution >= 0.6 is 0 Å². The summed E-state index contributed by atoms with van der Waals surface area (Å²) in [7, 11) is 0. The molecular formula is C23H27N3O3. The fraction of sp³-hybridized carbons (Fsp3) is 0.391. The van der Waals surface area contributed by atoms with Gasteiger partial charge >= 0.3 is 5.97 Å². The number of aliphatic carboxylic acids is 1. The molecule has 0 radical (unpaired) electrons. The predicted octanol–water partition coefficient (Wildman–Crippen LogP) is 2.99. The number of aryl methyl sites for hydroxylation is 1. The number of nitrogens with zero attached hydrogens (tertiary/aromatic N) is 3. The molecule has 0 spiro atoms. The van der Waals surface area contributed by atoms with Crippen LogP contribution in [-0.4, -0.2) is 49.9 Å².